The van der Waals surface area contributed by atoms with Gasteiger partial charge in [-0.05, 0) is 35.0 Å². The fourth-order valence-corrected chi connectivity index (χ4v) is 2.71. The lowest BCUT2D eigenvalue weighted by molar-refractivity contribution is 0.0697. The first-order valence-electron chi connectivity index (χ1n) is 7.83. The van der Waals surface area contributed by atoms with Gasteiger partial charge in [0, 0.05) is 17.8 Å². The number of anilines is 1. The lowest BCUT2D eigenvalue weighted by Gasteiger charge is -2.15. The van der Waals surface area contributed by atoms with Crippen LogP contribution in [0.25, 0.3) is 10.8 Å². The number of hydrogen-bond donors (Lipinski definition) is 2. The van der Waals surface area contributed by atoms with Gasteiger partial charge in [-0.15, -0.1) is 6.42 Å². The molecule has 0 fully saturated rings. The van der Waals surface area contributed by atoms with Crippen molar-refractivity contribution in [2.45, 2.75) is 6.54 Å². The van der Waals surface area contributed by atoms with Crippen molar-refractivity contribution in [3.63, 3.8) is 0 Å². The van der Waals surface area contributed by atoms with E-state index in [0.29, 0.717) is 6.54 Å². The number of aromatic carboxylic acids is 1. The average Bonchev–Trinajstić information content (AvgIpc) is 2.65. The van der Waals surface area contributed by atoms with Gasteiger partial charge in [0.1, 0.15) is 12.4 Å². The Kier molecular flexibility index (Phi) is 4.87. The second kappa shape index (κ2) is 7.41. The molecule has 0 spiro atoms. The van der Waals surface area contributed by atoms with Crippen LogP contribution in [0, 0.1) is 12.3 Å². The van der Waals surface area contributed by atoms with Crippen molar-refractivity contribution in [3.05, 3.63) is 71.8 Å². The molecule has 25 heavy (non-hydrogen) atoms. The molecule has 0 aliphatic heterocycles. The summed E-state index contributed by atoms with van der Waals surface area (Å²) < 4.78 is 5.67. The minimum atomic E-state index is -0.952. The van der Waals surface area contributed by atoms with Crippen molar-refractivity contribution >= 4 is 22.4 Å². The normalized spacial score (nSPS) is 10.2. The Morgan fingerprint density at radius 3 is 2.76 bits per heavy atom. The van der Waals surface area contributed by atoms with Crippen molar-refractivity contribution < 1.29 is 14.6 Å². The van der Waals surface area contributed by atoms with Gasteiger partial charge in [0.05, 0.1) is 5.56 Å². The van der Waals surface area contributed by atoms with Crippen LogP contribution in [0.4, 0.5) is 5.69 Å². The molecule has 3 aromatic carbocycles. The van der Waals surface area contributed by atoms with E-state index in [-0.39, 0.29) is 12.2 Å². The zero-order chi connectivity index (χ0) is 17.6. The van der Waals surface area contributed by atoms with Gasteiger partial charge in [0.2, 0.25) is 0 Å². The predicted molar refractivity (Wildman–Crippen MR) is 99.0 cm³/mol. The summed E-state index contributed by atoms with van der Waals surface area (Å²) in [7, 11) is 0. The van der Waals surface area contributed by atoms with E-state index < -0.39 is 5.97 Å². The van der Waals surface area contributed by atoms with E-state index in [9.17, 15) is 4.79 Å². The standard InChI is InChI=1S/C21H17NO3/c1-2-12-25-20-11-10-15-6-3-4-9-18(15)19(20)14-22-17-8-5-7-16(13-17)21(23)24/h1,3-11,13,22H,12,14H2,(H,23,24). The van der Waals surface area contributed by atoms with Gasteiger partial charge in [-0.25, -0.2) is 4.79 Å². The van der Waals surface area contributed by atoms with Crippen LogP contribution in [0.2, 0.25) is 0 Å². The van der Waals surface area contributed by atoms with Crippen molar-refractivity contribution in [1.29, 1.82) is 0 Å². The number of terminal acetylenes is 1. The number of carbonyl (C=O) groups is 1. The van der Waals surface area contributed by atoms with E-state index in [1.807, 2.05) is 42.5 Å². The molecular weight excluding hydrogens is 314 g/mol. The minimum absolute atomic E-state index is 0.194. The van der Waals surface area contributed by atoms with Gasteiger partial charge in [-0.1, -0.05) is 42.3 Å². The number of benzene rings is 3. The molecule has 124 valence electrons. The van der Waals surface area contributed by atoms with Gasteiger partial charge < -0.3 is 15.2 Å². The van der Waals surface area contributed by atoms with E-state index in [2.05, 4.69) is 11.2 Å². The Morgan fingerprint density at radius 1 is 1.12 bits per heavy atom. The van der Waals surface area contributed by atoms with Gasteiger partial charge in [-0.2, -0.15) is 0 Å². The van der Waals surface area contributed by atoms with Crippen molar-refractivity contribution in [1.82, 2.24) is 0 Å². The topological polar surface area (TPSA) is 58.6 Å². The van der Waals surface area contributed by atoms with E-state index in [1.54, 1.807) is 18.2 Å². The molecule has 0 amide bonds. The van der Waals surface area contributed by atoms with Crippen LogP contribution in [-0.2, 0) is 6.54 Å². The van der Waals surface area contributed by atoms with Crippen LogP contribution in [0.3, 0.4) is 0 Å². The van der Waals surface area contributed by atoms with Crippen LogP contribution in [0.15, 0.2) is 60.7 Å². The molecule has 0 aliphatic carbocycles. The van der Waals surface area contributed by atoms with Crippen molar-refractivity contribution in [2.75, 3.05) is 11.9 Å². The Labute approximate surface area is 146 Å². The summed E-state index contributed by atoms with van der Waals surface area (Å²) >= 11 is 0. The minimum Gasteiger partial charge on any atom is -0.481 e. The lowest BCUT2D eigenvalue weighted by atomic mass is 10.0. The second-order valence-electron chi connectivity index (χ2n) is 5.50. The molecule has 0 atom stereocenters. The molecule has 0 unspecified atom stereocenters. The van der Waals surface area contributed by atoms with E-state index in [0.717, 1.165) is 27.8 Å². The van der Waals surface area contributed by atoms with E-state index in [4.69, 9.17) is 16.3 Å². The number of carboxylic acid groups (broad SMARTS) is 1. The Hall–Kier alpha value is -3.45. The molecule has 3 aromatic rings. The first-order chi connectivity index (χ1) is 12.2. The summed E-state index contributed by atoms with van der Waals surface area (Å²) in [5, 5.41) is 14.6. The second-order valence-corrected chi connectivity index (χ2v) is 5.50. The highest BCUT2D eigenvalue weighted by molar-refractivity contribution is 5.89. The molecule has 0 aromatic heterocycles. The first-order valence-corrected chi connectivity index (χ1v) is 7.83. The molecule has 3 rings (SSSR count). The summed E-state index contributed by atoms with van der Waals surface area (Å²) in [6.45, 7) is 0.685. The number of hydrogen-bond acceptors (Lipinski definition) is 3. The maximum atomic E-state index is 11.1. The zero-order valence-electron chi connectivity index (χ0n) is 13.5. The Morgan fingerprint density at radius 2 is 1.96 bits per heavy atom. The monoisotopic (exact) mass is 331 g/mol. The average molecular weight is 331 g/mol. The molecule has 4 nitrogen and oxygen atoms in total. The maximum absolute atomic E-state index is 11.1. The zero-order valence-corrected chi connectivity index (χ0v) is 13.5. The van der Waals surface area contributed by atoms with E-state index >= 15 is 0 Å². The number of nitrogens with one attached hydrogen (secondary N) is 1. The predicted octanol–water partition coefficient (Wildman–Crippen LogP) is 4.16. The molecule has 0 radical (unpaired) electrons. The summed E-state index contributed by atoms with van der Waals surface area (Å²) in [6.07, 6.45) is 5.30. The van der Waals surface area contributed by atoms with Crippen LogP contribution in [0.1, 0.15) is 15.9 Å². The quantitative estimate of drug-likeness (QED) is 0.666. The van der Waals surface area contributed by atoms with Crippen LogP contribution in [-0.4, -0.2) is 17.7 Å². The van der Waals surface area contributed by atoms with Crippen LogP contribution in [0.5, 0.6) is 5.75 Å². The summed E-state index contributed by atoms with van der Waals surface area (Å²) in [5.74, 6) is 2.25. The summed E-state index contributed by atoms with van der Waals surface area (Å²) in [5.41, 5.74) is 1.96. The first kappa shape index (κ1) is 16.4. The maximum Gasteiger partial charge on any atom is 0.335 e. The molecule has 0 aliphatic rings. The lowest BCUT2D eigenvalue weighted by Crippen LogP contribution is -2.05. The van der Waals surface area contributed by atoms with Crippen molar-refractivity contribution in [3.8, 4) is 18.1 Å². The van der Waals surface area contributed by atoms with Crippen molar-refractivity contribution in [2.24, 2.45) is 0 Å². The number of carboxylic acids is 1. The highest BCUT2D eigenvalue weighted by atomic mass is 16.5. The molecule has 0 saturated heterocycles. The highest BCUT2D eigenvalue weighted by Gasteiger charge is 2.09. The Balaban J connectivity index is 1.92. The summed E-state index contributed by atoms with van der Waals surface area (Å²) in [4.78, 5) is 11.1. The smallest absolute Gasteiger partial charge is 0.335 e. The van der Waals surface area contributed by atoms with Gasteiger partial charge in [0.25, 0.3) is 0 Å². The summed E-state index contributed by atoms with van der Waals surface area (Å²) in [6, 6.07) is 18.6. The van der Waals surface area contributed by atoms with E-state index in [1.165, 1.54) is 0 Å². The van der Waals surface area contributed by atoms with Crippen LogP contribution < -0.4 is 10.1 Å². The third kappa shape index (κ3) is 3.73. The van der Waals surface area contributed by atoms with Gasteiger partial charge >= 0.3 is 5.97 Å². The number of ether oxygens (including phenoxy) is 1. The number of fused-ring (bicyclic) bond motifs is 1. The third-order valence-corrected chi connectivity index (χ3v) is 3.89. The third-order valence-electron chi connectivity index (χ3n) is 3.89. The molecule has 0 saturated carbocycles. The SMILES string of the molecule is C#CCOc1ccc2ccccc2c1CNc1cccc(C(=O)O)c1. The van der Waals surface area contributed by atoms with Gasteiger partial charge in [0.15, 0.2) is 0 Å². The Bertz CT molecular complexity index is 957. The molecule has 0 heterocycles. The number of rotatable bonds is 6. The fraction of sp³-hybridized carbons (Fsp3) is 0.0952. The highest BCUT2D eigenvalue weighted by Crippen LogP contribution is 2.29. The molecule has 2 N–H and O–H groups in total. The fourth-order valence-electron chi connectivity index (χ4n) is 2.71. The largest absolute Gasteiger partial charge is 0.481 e. The molecular formula is C21H17NO3. The van der Waals surface area contributed by atoms with Gasteiger partial charge in [-0.3, -0.25) is 0 Å². The van der Waals surface area contributed by atoms with Crippen LogP contribution >= 0.6 is 0 Å². The molecule has 4 heteroatoms. The molecule has 0 bridgehead atoms.